The van der Waals surface area contributed by atoms with E-state index in [-0.39, 0.29) is 19.4 Å². The van der Waals surface area contributed by atoms with Crippen molar-refractivity contribution in [3.05, 3.63) is 47.8 Å². The fraction of sp³-hybridized carbons (Fsp3) is 0.481. The van der Waals surface area contributed by atoms with Crippen LogP contribution in [0.1, 0.15) is 25.0 Å². The number of likely N-dealkylation sites (N-methyl/N-ethyl adjacent to an activating group) is 1. The summed E-state index contributed by atoms with van der Waals surface area (Å²) in [6, 6.07) is 7.97. The molecule has 0 spiro atoms. The number of anilines is 1. The number of fused-ring (bicyclic) bond motifs is 1. The molecule has 1 N–H and O–H groups in total. The van der Waals surface area contributed by atoms with Gasteiger partial charge in [0.15, 0.2) is 0 Å². The molecule has 2 heterocycles. The van der Waals surface area contributed by atoms with Gasteiger partial charge in [-0.05, 0) is 55.6 Å². The van der Waals surface area contributed by atoms with Crippen molar-refractivity contribution in [2.45, 2.75) is 33.4 Å². The minimum Gasteiger partial charge on any atom is -0.496 e. The quantitative estimate of drug-likeness (QED) is 0.336. The third-order valence-electron chi connectivity index (χ3n) is 6.26. The Kier molecular flexibility index (Phi) is 9.42. The Morgan fingerprint density at radius 1 is 1.22 bits per heavy atom. The van der Waals surface area contributed by atoms with Crippen LogP contribution < -0.4 is 15.0 Å². The Bertz CT molecular complexity index is 1190. The molecule has 0 aliphatic heterocycles. The largest absolute Gasteiger partial charge is 0.496 e. The van der Waals surface area contributed by atoms with Crippen molar-refractivity contribution >= 4 is 17.7 Å². The fourth-order valence-corrected chi connectivity index (χ4v) is 4.42. The van der Waals surface area contributed by atoms with Gasteiger partial charge >= 0.3 is 6.18 Å². The van der Waals surface area contributed by atoms with Gasteiger partial charge in [0.25, 0.3) is 0 Å². The van der Waals surface area contributed by atoms with Gasteiger partial charge in [-0.1, -0.05) is 13.8 Å². The molecule has 3 rings (SSSR count). The maximum absolute atomic E-state index is 12.8. The van der Waals surface area contributed by atoms with Crippen molar-refractivity contribution in [3.8, 4) is 17.0 Å². The number of amides is 1. The lowest BCUT2D eigenvalue weighted by atomic mass is 9.99. The van der Waals surface area contributed by atoms with Crippen molar-refractivity contribution in [1.82, 2.24) is 19.6 Å². The van der Waals surface area contributed by atoms with Crippen LogP contribution in [0.2, 0.25) is 0 Å². The van der Waals surface area contributed by atoms with Gasteiger partial charge in [-0.15, -0.1) is 0 Å². The van der Waals surface area contributed by atoms with E-state index in [2.05, 4.69) is 41.2 Å². The highest BCUT2D eigenvalue weighted by atomic mass is 19.4. The summed E-state index contributed by atoms with van der Waals surface area (Å²) in [6.45, 7) is 7.60. The molecule has 0 saturated heterocycles. The number of halogens is 3. The van der Waals surface area contributed by atoms with E-state index < -0.39 is 12.7 Å². The van der Waals surface area contributed by atoms with Crippen LogP contribution in [0, 0.1) is 12.8 Å². The van der Waals surface area contributed by atoms with Crippen LogP contribution >= 0.6 is 0 Å². The van der Waals surface area contributed by atoms with Crippen LogP contribution in [0.4, 0.5) is 18.9 Å². The van der Waals surface area contributed by atoms with Crippen LogP contribution in [0.25, 0.3) is 16.9 Å². The predicted molar refractivity (Wildman–Crippen MR) is 140 cm³/mol. The molecule has 0 aliphatic rings. The molecule has 0 fully saturated rings. The van der Waals surface area contributed by atoms with Crippen LogP contribution in [-0.2, 0) is 11.2 Å². The van der Waals surface area contributed by atoms with E-state index in [0.29, 0.717) is 11.7 Å². The summed E-state index contributed by atoms with van der Waals surface area (Å²) in [5, 5.41) is 3.20. The first kappa shape index (κ1) is 28.3. The highest BCUT2D eigenvalue weighted by Gasteiger charge is 2.30. The first-order valence-corrected chi connectivity index (χ1v) is 12.4. The zero-order chi connectivity index (χ0) is 27.2. The van der Waals surface area contributed by atoms with Crippen molar-refractivity contribution in [2.24, 2.45) is 5.92 Å². The number of rotatable bonds is 13. The summed E-state index contributed by atoms with van der Waals surface area (Å²) in [5.74, 6) is 1.14. The van der Waals surface area contributed by atoms with Gasteiger partial charge in [-0.3, -0.25) is 9.20 Å². The molecule has 0 atom stereocenters. The number of benzene rings is 1. The summed E-state index contributed by atoms with van der Waals surface area (Å²) >= 11 is 0. The van der Waals surface area contributed by atoms with E-state index in [1.165, 1.54) is 0 Å². The molecule has 0 bridgehead atoms. The smallest absolute Gasteiger partial charge is 0.406 e. The van der Waals surface area contributed by atoms with E-state index >= 15 is 0 Å². The van der Waals surface area contributed by atoms with Gasteiger partial charge in [0.2, 0.25) is 6.41 Å². The van der Waals surface area contributed by atoms with E-state index in [4.69, 9.17) is 4.74 Å². The Balaban J connectivity index is 1.93. The molecule has 10 heteroatoms. The Hall–Kier alpha value is -3.27. The van der Waals surface area contributed by atoms with E-state index in [0.717, 1.165) is 58.3 Å². The molecular weight excluding hydrogens is 483 g/mol. The average Bonchev–Trinajstić information content (AvgIpc) is 3.27. The number of aromatic nitrogens is 2. The lowest BCUT2D eigenvalue weighted by Gasteiger charge is -2.26. The van der Waals surface area contributed by atoms with Gasteiger partial charge in [0, 0.05) is 49.7 Å². The number of hydrogen-bond acceptors (Lipinski definition) is 5. The second-order valence-electron chi connectivity index (χ2n) is 9.60. The van der Waals surface area contributed by atoms with Gasteiger partial charge in [-0.2, -0.15) is 13.2 Å². The lowest BCUT2D eigenvalue weighted by Crippen LogP contribution is -2.34. The number of pyridine rings is 1. The Morgan fingerprint density at radius 3 is 2.59 bits per heavy atom. The van der Waals surface area contributed by atoms with Gasteiger partial charge in [0.1, 0.15) is 17.9 Å². The Labute approximate surface area is 216 Å². The van der Waals surface area contributed by atoms with Crippen molar-refractivity contribution < 1.29 is 22.7 Å². The normalized spacial score (nSPS) is 11.8. The third-order valence-corrected chi connectivity index (χ3v) is 6.26. The van der Waals surface area contributed by atoms with Crippen molar-refractivity contribution in [2.75, 3.05) is 51.8 Å². The summed E-state index contributed by atoms with van der Waals surface area (Å²) < 4.78 is 45.9. The molecule has 0 aliphatic carbocycles. The molecule has 7 nitrogen and oxygen atoms in total. The number of carbonyl (C=O) groups excluding carboxylic acids is 1. The highest BCUT2D eigenvalue weighted by molar-refractivity contribution is 5.69. The zero-order valence-electron chi connectivity index (χ0n) is 22.1. The predicted octanol–water partition coefficient (Wildman–Crippen LogP) is 4.56. The standard InChI is InChI=1S/C27H36F3N5O2/c1-19(2)16-34(11-8-31-4)23-7-10-35-24(15-32-26(35)14-23)22-12-21(20(3)25(13-22)37-5)6-9-33(18-36)17-27(28,29)30/h7,10,12-15,18-19,31H,6,8-9,11,16-17H2,1-5H3. The summed E-state index contributed by atoms with van der Waals surface area (Å²) in [5.41, 5.74) is 5.20. The third kappa shape index (κ3) is 7.38. The van der Waals surface area contributed by atoms with Gasteiger partial charge < -0.3 is 19.9 Å². The molecule has 0 radical (unpaired) electrons. The number of nitrogens with zero attached hydrogens (tertiary/aromatic N) is 4. The lowest BCUT2D eigenvalue weighted by molar-refractivity contribution is -0.153. The molecule has 0 unspecified atom stereocenters. The van der Waals surface area contributed by atoms with Crippen molar-refractivity contribution in [3.63, 3.8) is 0 Å². The molecule has 0 saturated carbocycles. The average molecular weight is 520 g/mol. The van der Waals surface area contributed by atoms with Crippen molar-refractivity contribution in [1.29, 1.82) is 0 Å². The highest BCUT2D eigenvalue weighted by Crippen LogP contribution is 2.32. The van der Waals surface area contributed by atoms with Gasteiger partial charge in [-0.25, -0.2) is 4.98 Å². The fourth-order valence-electron chi connectivity index (χ4n) is 4.42. The Morgan fingerprint density at radius 2 is 1.97 bits per heavy atom. The second kappa shape index (κ2) is 12.3. The number of methoxy groups -OCH3 is 1. The maximum atomic E-state index is 12.8. The van der Waals surface area contributed by atoms with Crippen LogP contribution in [0.5, 0.6) is 5.75 Å². The van der Waals surface area contributed by atoms with Gasteiger partial charge in [0.05, 0.1) is 19.0 Å². The maximum Gasteiger partial charge on any atom is 0.406 e. The first-order valence-electron chi connectivity index (χ1n) is 12.4. The van der Waals surface area contributed by atoms with E-state index in [9.17, 15) is 18.0 Å². The van der Waals surface area contributed by atoms with Crippen LogP contribution in [0.3, 0.4) is 0 Å². The first-order chi connectivity index (χ1) is 17.6. The number of ether oxygens (including phenoxy) is 1. The minimum absolute atomic E-state index is 0.0503. The number of imidazole rings is 1. The molecule has 3 aromatic rings. The molecule has 1 amide bonds. The molecular formula is C27H36F3N5O2. The second-order valence-corrected chi connectivity index (χ2v) is 9.60. The number of alkyl halides is 3. The number of carbonyl (C=O) groups is 1. The summed E-state index contributed by atoms with van der Waals surface area (Å²) in [4.78, 5) is 18.9. The number of hydrogen-bond donors (Lipinski definition) is 1. The SMILES string of the molecule is CNCCN(CC(C)C)c1ccn2c(-c3cc(CCN(C=O)CC(F)(F)F)c(C)c(OC)c3)cnc2c1. The van der Waals surface area contributed by atoms with E-state index in [1.54, 1.807) is 13.3 Å². The molecule has 202 valence electrons. The monoisotopic (exact) mass is 519 g/mol. The number of nitrogens with one attached hydrogen (secondary N) is 1. The summed E-state index contributed by atoms with van der Waals surface area (Å²) in [6.07, 6.45) is -0.160. The van der Waals surface area contributed by atoms with Crippen LogP contribution in [0.15, 0.2) is 36.7 Å². The zero-order valence-corrected chi connectivity index (χ0v) is 22.1. The minimum atomic E-state index is -4.44. The van der Waals surface area contributed by atoms with E-state index in [1.807, 2.05) is 36.7 Å². The molecule has 37 heavy (non-hydrogen) atoms. The topological polar surface area (TPSA) is 62.1 Å². The van der Waals surface area contributed by atoms with Crippen LogP contribution in [-0.4, -0.2) is 73.8 Å². The molecule has 2 aromatic heterocycles. The summed E-state index contributed by atoms with van der Waals surface area (Å²) in [7, 11) is 3.50. The molecule has 1 aromatic carbocycles.